The van der Waals surface area contributed by atoms with Gasteiger partial charge in [-0.1, -0.05) is 11.8 Å². The van der Waals surface area contributed by atoms with Crippen molar-refractivity contribution in [3.05, 3.63) is 21.9 Å². The summed E-state index contributed by atoms with van der Waals surface area (Å²) in [6.07, 6.45) is 1.32. The van der Waals surface area contributed by atoms with Gasteiger partial charge in [0.1, 0.15) is 0 Å². The number of thiophene rings is 1. The zero-order chi connectivity index (χ0) is 11.9. The Morgan fingerprint density at radius 1 is 1.29 bits per heavy atom. The minimum Gasteiger partial charge on any atom is -0.320 e. The summed E-state index contributed by atoms with van der Waals surface area (Å²) >= 11 is 3.87. The molecule has 1 fully saturated rings. The van der Waals surface area contributed by atoms with Crippen LogP contribution in [-0.2, 0) is 6.54 Å². The van der Waals surface area contributed by atoms with Gasteiger partial charge < -0.3 is 5.73 Å². The molecule has 0 aromatic carbocycles. The zero-order valence-corrected chi connectivity index (χ0v) is 11.6. The van der Waals surface area contributed by atoms with E-state index in [0.717, 1.165) is 11.4 Å². The van der Waals surface area contributed by atoms with Crippen molar-refractivity contribution < 1.29 is 0 Å². The highest BCUT2D eigenvalue weighted by Crippen LogP contribution is 2.19. The Morgan fingerprint density at radius 2 is 2.24 bits per heavy atom. The van der Waals surface area contributed by atoms with Crippen LogP contribution in [0.25, 0.3) is 0 Å². The minimum absolute atomic E-state index is 0.441. The molecule has 1 aliphatic heterocycles. The number of thioether (sulfide) groups is 1. The molecule has 2 heterocycles. The van der Waals surface area contributed by atoms with Gasteiger partial charge in [0.25, 0.3) is 0 Å². The first-order valence-corrected chi connectivity index (χ1v) is 7.93. The van der Waals surface area contributed by atoms with E-state index in [1.807, 2.05) is 0 Å². The van der Waals surface area contributed by atoms with Gasteiger partial charge >= 0.3 is 0 Å². The second-order valence-electron chi connectivity index (χ2n) is 4.01. The molecule has 2 rings (SSSR count). The van der Waals surface area contributed by atoms with Crippen LogP contribution >= 0.6 is 23.1 Å². The molecule has 0 spiro atoms. The quantitative estimate of drug-likeness (QED) is 0.830. The van der Waals surface area contributed by atoms with E-state index in [1.165, 1.54) is 35.9 Å². The molecular formula is C13H18N2S2. The van der Waals surface area contributed by atoms with Crippen molar-refractivity contribution in [1.82, 2.24) is 4.90 Å². The number of hydrogen-bond acceptors (Lipinski definition) is 4. The standard InChI is InChI=1S/C13H18N2S2/c14-6-1-3-12-4-5-13(17-12)11-15-7-2-9-16-10-8-15/h4-5H,2,6-11,14H2. The van der Waals surface area contributed by atoms with Crippen LogP contribution in [-0.4, -0.2) is 36.0 Å². The predicted molar refractivity (Wildman–Crippen MR) is 77.5 cm³/mol. The van der Waals surface area contributed by atoms with E-state index in [2.05, 4.69) is 40.6 Å². The summed E-state index contributed by atoms with van der Waals surface area (Å²) in [6, 6.07) is 4.30. The molecule has 0 unspecified atom stereocenters. The summed E-state index contributed by atoms with van der Waals surface area (Å²) in [5.74, 6) is 8.58. The lowest BCUT2D eigenvalue weighted by molar-refractivity contribution is 0.290. The van der Waals surface area contributed by atoms with Crippen LogP contribution in [0.3, 0.4) is 0 Å². The smallest absolute Gasteiger partial charge is 0.0772 e. The van der Waals surface area contributed by atoms with Gasteiger partial charge in [-0.2, -0.15) is 11.8 Å². The zero-order valence-electron chi connectivity index (χ0n) is 9.95. The van der Waals surface area contributed by atoms with Gasteiger partial charge in [-0.15, -0.1) is 11.3 Å². The van der Waals surface area contributed by atoms with E-state index in [0.29, 0.717) is 6.54 Å². The van der Waals surface area contributed by atoms with E-state index >= 15 is 0 Å². The molecule has 0 atom stereocenters. The second kappa shape index (κ2) is 7.07. The van der Waals surface area contributed by atoms with E-state index in [9.17, 15) is 0 Å². The SMILES string of the molecule is NCC#Cc1ccc(CN2CCCSCC2)s1. The van der Waals surface area contributed by atoms with Crippen molar-refractivity contribution in [3.63, 3.8) is 0 Å². The Kier molecular flexibility index (Phi) is 5.40. The van der Waals surface area contributed by atoms with Gasteiger partial charge in [-0.05, 0) is 30.9 Å². The Morgan fingerprint density at radius 3 is 3.12 bits per heavy atom. The molecule has 17 heavy (non-hydrogen) atoms. The average Bonchev–Trinajstić information content (AvgIpc) is 2.61. The van der Waals surface area contributed by atoms with E-state index < -0.39 is 0 Å². The van der Waals surface area contributed by atoms with E-state index in [4.69, 9.17) is 5.73 Å². The lowest BCUT2D eigenvalue weighted by atomic mass is 10.3. The number of rotatable bonds is 2. The maximum Gasteiger partial charge on any atom is 0.0772 e. The fraction of sp³-hybridized carbons (Fsp3) is 0.538. The lowest BCUT2D eigenvalue weighted by Gasteiger charge is -2.17. The summed E-state index contributed by atoms with van der Waals surface area (Å²) < 4.78 is 0. The first kappa shape index (κ1) is 13.0. The topological polar surface area (TPSA) is 29.3 Å². The van der Waals surface area contributed by atoms with Crippen LogP contribution in [0.2, 0.25) is 0 Å². The van der Waals surface area contributed by atoms with Gasteiger partial charge in [0.15, 0.2) is 0 Å². The highest BCUT2D eigenvalue weighted by atomic mass is 32.2. The minimum atomic E-state index is 0.441. The molecular weight excluding hydrogens is 248 g/mol. The number of nitrogens with two attached hydrogens (primary N) is 1. The first-order valence-electron chi connectivity index (χ1n) is 5.96. The summed E-state index contributed by atoms with van der Waals surface area (Å²) in [7, 11) is 0. The number of hydrogen-bond donors (Lipinski definition) is 1. The molecule has 0 saturated carbocycles. The normalized spacial score (nSPS) is 17.2. The van der Waals surface area contributed by atoms with Gasteiger partial charge in [0.2, 0.25) is 0 Å². The Balaban J connectivity index is 1.91. The van der Waals surface area contributed by atoms with Gasteiger partial charge in [-0.25, -0.2) is 0 Å². The number of nitrogens with zero attached hydrogens (tertiary/aromatic N) is 1. The maximum absolute atomic E-state index is 5.37. The molecule has 0 bridgehead atoms. The van der Waals surface area contributed by atoms with Crippen LogP contribution in [0.1, 0.15) is 16.2 Å². The summed E-state index contributed by atoms with van der Waals surface area (Å²) in [4.78, 5) is 5.10. The molecule has 4 heteroatoms. The van der Waals surface area contributed by atoms with Crippen molar-refractivity contribution in [3.8, 4) is 11.8 Å². The van der Waals surface area contributed by atoms with Crippen LogP contribution in [0.5, 0.6) is 0 Å². The summed E-state index contributed by atoms with van der Waals surface area (Å²) in [5, 5.41) is 0. The van der Waals surface area contributed by atoms with Crippen molar-refractivity contribution in [2.24, 2.45) is 5.73 Å². The largest absolute Gasteiger partial charge is 0.320 e. The molecule has 0 aliphatic carbocycles. The van der Waals surface area contributed by atoms with Crippen LogP contribution in [0.15, 0.2) is 12.1 Å². The lowest BCUT2D eigenvalue weighted by Crippen LogP contribution is -2.24. The van der Waals surface area contributed by atoms with Crippen LogP contribution in [0.4, 0.5) is 0 Å². The molecule has 0 amide bonds. The molecule has 1 aromatic heterocycles. The van der Waals surface area contributed by atoms with Gasteiger partial charge in [-0.3, -0.25) is 4.90 Å². The molecule has 2 nitrogen and oxygen atoms in total. The summed E-state index contributed by atoms with van der Waals surface area (Å²) in [5.41, 5.74) is 5.37. The third-order valence-electron chi connectivity index (χ3n) is 2.67. The van der Waals surface area contributed by atoms with Crippen molar-refractivity contribution in [1.29, 1.82) is 0 Å². The molecule has 1 aliphatic rings. The Labute approximate surface area is 112 Å². The fourth-order valence-electron chi connectivity index (χ4n) is 1.84. The maximum atomic E-state index is 5.37. The van der Waals surface area contributed by atoms with Crippen molar-refractivity contribution in [2.75, 3.05) is 31.1 Å². The summed E-state index contributed by atoms with van der Waals surface area (Å²) in [6.45, 7) is 3.97. The van der Waals surface area contributed by atoms with Crippen molar-refractivity contribution >= 4 is 23.1 Å². The fourth-order valence-corrected chi connectivity index (χ4v) is 3.69. The highest BCUT2D eigenvalue weighted by molar-refractivity contribution is 7.99. The average molecular weight is 266 g/mol. The third-order valence-corrected chi connectivity index (χ3v) is 4.70. The van der Waals surface area contributed by atoms with Gasteiger partial charge in [0.05, 0.1) is 11.4 Å². The van der Waals surface area contributed by atoms with Crippen LogP contribution in [0, 0.1) is 11.8 Å². The molecule has 92 valence electrons. The third kappa shape index (κ3) is 4.36. The predicted octanol–water partition coefficient (Wildman–Crippen LogP) is 2.00. The molecule has 1 aromatic rings. The molecule has 2 N–H and O–H groups in total. The van der Waals surface area contributed by atoms with E-state index in [-0.39, 0.29) is 0 Å². The molecule has 1 saturated heterocycles. The highest BCUT2D eigenvalue weighted by Gasteiger charge is 2.10. The second-order valence-corrected chi connectivity index (χ2v) is 6.41. The first-order chi connectivity index (χ1) is 8.38. The van der Waals surface area contributed by atoms with E-state index in [1.54, 1.807) is 11.3 Å². The van der Waals surface area contributed by atoms with Crippen molar-refractivity contribution in [2.45, 2.75) is 13.0 Å². The monoisotopic (exact) mass is 266 g/mol. The Hall–Kier alpha value is -0.470. The van der Waals surface area contributed by atoms with Crippen LogP contribution < -0.4 is 5.73 Å². The molecule has 0 radical (unpaired) electrons. The van der Waals surface area contributed by atoms with Gasteiger partial charge in [0, 0.05) is 23.7 Å². The Bertz CT molecular complexity index is 395.